The summed E-state index contributed by atoms with van der Waals surface area (Å²) in [6.07, 6.45) is 6.55. The maximum absolute atomic E-state index is 13.2. The van der Waals surface area contributed by atoms with Crippen LogP contribution in [0.1, 0.15) is 23.2 Å². The van der Waals surface area contributed by atoms with Gasteiger partial charge in [0.25, 0.3) is 5.91 Å². The van der Waals surface area contributed by atoms with Gasteiger partial charge in [0, 0.05) is 36.7 Å². The molecule has 0 spiro atoms. The maximum atomic E-state index is 13.2. The van der Waals surface area contributed by atoms with Gasteiger partial charge in [-0.2, -0.15) is 5.10 Å². The predicted octanol–water partition coefficient (Wildman–Crippen LogP) is 3.61. The fourth-order valence-electron chi connectivity index (χ4n) is 3.09. The number of halogens is 1. The average Bonchev–Trinajstić information content (AvgIpc) is 3.25. The van der Waals surface area contributed by atoms with E-state index in [1.165, 1.54) is 19.0 Å². The fraction of sp³-hybridized carbons (Fsp3) is 0.200. The highest BCUT2D eigenvalue weighted by molar-refractivity contribution is 6.04. The quantitative estimate of drug-likeness (QED) is 0.706. The molecule has 0 atom stereocenters. The van der Waals surface area contributed by atoms with Crippen LogP contribution < -0.4 is 15.5 Å². The van der Waals surface area contributed by atoms with Gasteiger partial charge in [0.2, 0.25) is 0 Å². The van der Waals surface area contributed by atoms with Crippen molar-refractivity contribution >= 4 is 28.8 Å². The lowest BCUT2D eigenvalue weighted by atomic mass is 10.2. The first-order chi connectivity index (χ1) is 13.7. The van der Waals surface area contributed by atoms with E-state index >= 15 is 0 Å². The number of carbonyl (C=O) groups excluding carboxylic acids is 1. The molecule has 8 heteroatoms. The molecule has 2 aromatic heterocycles. The van der Waals surface area contributed by atoms with Crippen molar-refractivity contribution in [3.05, 3.63) is 66.4 Å². The Kier molecular flexibility index (Phi) is 5.09. The molecule has 1 aromatic carbocycles. The number of anilines is 4. The first-order valence-corrected chi connectivity index (χ1v) is 9.04. The number of hydrogen-bond acceptors (Lipinski definition) is 6. The van der Waals surface area contributed by atoms with Gasteiger partial charge in [0.1, 0.15) is 5.82 Å². The number of nitrogens with one attached hydrogen (secondary N) is 2. The fourth-order valence-corrected chi connectivity index (χ4v) is 3.09. The molecule has 3 heterocycles. The standard InChI is InChI=1S/C20H19FN6O/c21-15-9-14(11-22-12-15)20(28)25-17-5-3-16(4-6-17)24-19-10-18(13-23-26-19)27-7-1-2-8-27/h3-6,9-13H,1-2,7-8H2,(H,24,26)(H,25,28). The summed E-state index contributed by atoms with van der Waals surface area (Å²) >= 11 is 0. The minimum atomic E-state index is -0.551. The van der Waals surface area contributed by atoms with Crippen LogP contribution in [-0.4, -0.2) is 34.2 Å². The molecule has 1 saturated heterocycles. The Morgan fingerprint density at radius 3 is 2.50 bits per heavy atom. The maximum Gasteiger partial charge on any atom is 0.257 e. The summed E-state index contributed by atoms with van der Waals surface area (Å²) < 4.78 is 13.2. The second kappa shape index (κ2) is 7.99. The van der Waals surface area contributed by atoms with E-state index in [1.54, 1.807) is 18.3 Å². The lowest BCUT2D eigenvalue weighted by Crippen LogP contribution is -2.18. The number of amides is 1. The van der Waals surface area contributed by atoms with Crippen molar-refractivity contribution in [1.29, 1.82) is 0 Å². The largest absolute Gasteiger partial charge is 0.370 e. The minimum absolute atomic E-state index is 0.163. The highest BCUT2D eigenvalue weighted by Crippen LogP contribution is 2.23. The molecule has 7 nitrogen and oxygen atoms in total. The van der Waals surface area contributed by atoms with Crippen LogP contribution in [0.5, 0.6) is 0 Å². The zero-order valence-electron chi connectivity index (χ0n) is 15.1. The molecule has 2 N–H and O–H groups in total. The lowest BCUT2D eigenvalue weighted by Gasteiger charge is -2.17. The van der Waals surface area contributed by atoms with E-state index in [-0.39, 0.29) is 5.56 Å². The molecule has 0 unspecified atom stereocenters. The van der Waals surface area contributed by atoms with E-state index in [0.29, 0.717) is 11.5 Å². The Hall–Kier alpha value is -3.55. The second-order valence-electron chi connectivity index (χ2n) is 6.54. The van der Waals surface area contributed by atoms with Crippen molar-refractivity contribution in [2.24, 2.45) is 0 Å². The van der Waals surface area contributed by atoms with Crippen molar-refractivity contribution in [3.63, 3.8) is 0 Å². The van der Waals surface area contributed by atoms with Gasteiger partial charge in [-0.05, 0) is 43.2 Å². The van der Waals surface area contributed by atoms with Crippen LogP contribution in [0.4, 0.5) is 27.3 Å². The van der Waals surface area contributed by atoms with Gasteiger partial charge in [0.05, 0.1) is 23.6 Å². The minimum Gasteiger partial charge on any atom is -0.370 e. The highest BCUT2D eigenvalue weighted by atomic mass is 19.1. The number of hydrogen-bond donors (Lipinski definition) is 2. The molecule has 28 heavy (non-hydrogen) atoms. The Balaban J connectivity index is 1.41. The summed E-state index contributed by atoms with van der Waals surface area (Å²) in [7, 11) is 0. The third-order valence-electron chi connectivity index (χ3n) is 4.49. The normalized spacial score (nSPS) is 13.4. The van der Waals surface area contributed by atoms with Gasteiger partial charge in [0.15, 0.2) is 5.82 Å². The third kappa shape index (κ3) is 4.22. The number of benzene rings is 1. The first kappa shape index (κ1) is 17.8. The number of rotatable bonds is 5. The number of nitrogens with zero attached hydrogens (tertiary/aromatic N) is 4. The van der Waals surface area contributed by atoms with E-state index < -0.39 is 11.7 Å². The predicted molar refractivity (Wildman–Crippen MR) is 105 cm³/mol. The van der Waals surface area contributed by atoms with Crippen LogP contribution in [0.3, 0.4) is 0 Å². The summed E-state index contributed by atoms with van der Waals surface area (Å²) in [4.78, 5) is 18.1. The van der Waals surface area contributed by atoms with E-state index in [4.69, 9.17) is 0 Å². The first-order valence-electron chi connectivity index (χ1n) is 9.04. The van der Waals surface area contributed by atoms with Crippen molar-refractivity contribution < 1.29 is 9.18 Å². The van der Waals surface area contributed by atoms with Crippen molar-refractivity contribution in [3.8, 4) is 0 Å². The Morgan fingerprint density at radius 1 is 1.00 bits per heavy atom. The molecule has 0 bridgehead atoms. The molecule has 4 rings (SSSR count). The molecule has 1 aliphatic rings. The van der Waals surface area contributed by atoms with Gasteiger partial charge in [-0.25, -0.2) is 4.39 Å². The summed E-state index contributed by atoms with van der Waals surface area (Å²) in [6, 6.07) is 10.3. The van der Waals surface area contributed by atoms with E-state index in [1.807, 2.05) is 18.2 Å². The molecule has 1 aliphatic heterocycles. The second-order valence-corrected chi connectivity index (χ2v) is 6.54. The molecule has 0 saturated carbocycles. The van der Waals surface area contributed by atoms with Gasteiger partial charge in [-0.1, -0.05) is 0 Å². The molecule has 1 amide bonds. The molecule has 0 radical (unpaired) electrons. The van der Waals surface area contributed by atoms with Gasteiger partial charge < -0.3 is 15.5 Å². The molecular weight excluding hydrogens is 359 g/mol. The van der Waals surface area contributed by atoms with Crippen LogP contribution in [0.25, 0.3) is 0 Å². The Bertz CT molecular complexity index is 972. The van der Waals surface area contributed by atoms with Gasteiger partial charge in [-0.3, -0.25) is 9.78 Å². The lowest BCUT2D eigenvalue weighted by molar-refractivity contribution is 0.102. The van der Waals surface area contributed by atoms with Crippen LogP contribution in [-0.2, 0) is 0 Å². The molecule has 142 valence electrons. The van der Waals surface area contributed by atoms with Gasteiger partial charge in [-0.15, -0.1) is 5.10 Å². The molecule has 1 fully saturated rings. The van der Waals surface area contributed by atoms with Crippen molar-refractivity contribution in [2.45, 2.75) is 12.8 Å². The summed E-state index contributed by atoms with van der Waals surface area (Å²) in [5, 5.41) is 14.1. The highest BCUT2D eigenvalue weighted by Gasteiger charge is 2.13. The monoisotopic (exact) mass is 378 g/mol. The zero-order valence-corrected chi connectivity index (χ0v) is 15.1. The van der Waals surface area contributed by atoms with Crippen LogP contribution in [0, 0.1) is 5.82 Å². The van der Waals surface area contributed by atoms with Gasteiger partial charge >= 0.3 is 0 Å². The van der Waals surface area contributed by atoms with E-state index in [0.717, 1.165) is 36.7 Å². The van der Waals surface area contributed by atoms with Crippen LogP contribution in [0.2, 0.25) is 0 Å². The van der Waals surface area contributed by atoms with E-state index in [9.17, 15) is 9.18 Å². The van der Waals surface area contributed by atoms with Crippen LogP contribution in [0.15, 0.2) is 55.0 Å². The molecule has 0 aliphatic carbocycles. The molecule has 3 aromatic rings. The van der Waals surface area contributed by atoms with Crippen molar-refractivity contribution in [2.75, 3.05) is 28.6 Å². The average molecular weight is 378 g/mol. The zero-order chi connectivity index (χ0) is 19.3. The third-order valence-corrected chi connectivity index (χ3v) is 4.49. The summed E-state index contributed by atoms with van der Waals surface area (Å²) in [5.74, 6) is -0.312. The molecular formula is C20H19FN6O. The van der Waals surface area contributed by atoms with E-state index in [2.05, 4.69) is 30.7 Å². The Morgan fingerprint density at radius 2 is 1.75 bits per heavy atom. The van der Waals surface area contributed by atoms with Crippen molar-refractivity contribution in [1.82, 2.24) is 15.2 Å². The number of pyridine rings is 1. The summed E-state index contributed by atoms with van der Waals surface area (Å²) in [6.45, 7) is 2.08. The number of aromatic nitrogens is 3. The number of carbonyl (C=O) groups is 1. The topological polar surface area (TPSA) is 83.0 Å². The summed E-state index contributed by atoms with van der Waals surface area (Å²) in [5.41, 5.74) is 2.63. The smallest absolute Gasteiger partial charge is 0.257 e. The van der Waals surface area contributed by atoms with Crippen LogP contribution >= 0.6 is 0 Å². The SMILES string of the molecule is O=C(Nc1ccc(Nc2cc(N3CCCC3)cnn2)cc1)c1cncc(F)c1. The Labute approximate surface area is 161 Å².